The lowest BCUT2D eigenvalue weighted by Crippen LogP contribution is -2.46. The van der Waals surface area contributed by atoms with E-state index in [1.165, 1.54) is 0 Å². The van der Waals surface area contributed by atoms with Gasteiger partial charge in [-0.3, -0.25) is 4.90 Å². The zero-order chi connectivity index (χ0) is 13.0. The Labute approximate surface area is 106 Å². The van der Waals surface area contributed by atoms with Crippen LogP contribution in [0.3, 0.4) is 0 Å². The normalized spacial score (nSPS) is 19.6. The van der Waals surface area contributed by atoms with Crippen LogP contribution in [0.25, 0.3) is 0 Å². The molecule has 0 saturated carbocycles. The molecule has 0 radical (unpaired) electrons. The Hall–Kier alpha value is -1.75. The van der Waals surface area contributed by atoms with Gasteiger partial charge in [0.2, 0.25) is 0 Å². The molecule has 1 atom stereocenters. The highest BCUT2D eigenvalue weighted by molar-refractivity contribution is 5.89. The Morgan fingerprint density at radius 1 is 1.44 bits per heavy atom. The first-order valence-electron chi connectivity index (χ1n) is 6.06. The Balaban J connectivity index is 2.22. The SMILES string of the molecule is COc1ccc(N2C(=O)OCCC2CCN)cc1. The van der Waals surface area contributed by atoms with Crippen molar-refractivity contribution in [3.05, 3.63) is 24.3 Å². The largest absolute Gasteiger partial charge is 0.497 e. The molecule has 1 unspecified atom stereocenters. The van der Waals surface area contributed by atoms with Crippen LogP contribution in [0.15, 0.2) is 24.3 Å². The van der Waals surface area contributed by atoms with Gasteiger partial charge < -0.3 is 15.2 Å². The Kier molecular flexibility index (Phi) is 4.04. The number of nitrogens with two attached hydrogens (primary N) is 1. The lowest BCUT2D eigenvalue weighted by molar-refractivity contribution is 0.128. The van der Waals surface area contributed by atoms with Crippen molar-refractivity contribution in [2.75, 3.05) is 25.2 Å². The first-order valence-corrected chi connectivity index (χ1v) is 6.06. The molecule has 1 aliphatic heterocycles. The van der Waals surface area contributed by atoms with Crippen LogP contribution in [-0.2, 0) is 4.74 Å². The quantitative estimate of drug-likeness (QED) is 0.884. The number of amides is 1. The van der Waals surface area contributed by atoms with Crippen LogP contribution < -0.4 is 15.4 Å². The molecule has 1 fully saturated rings. The van der Waals surface area contributed by atoms with Gasteiger partial charge in [-0.25, -0.2) is 4.79 Å². The van der Waals surface area contributed by atoms with E-state index in [2.05, 4.69) is 0 Å². The van der Waals surface area contributed by atoms with Gasteiger partial charge in [0.1, 0.15) is 5.75 Å². The van der Waals surface area contributed by atoms with Crippen molar-refractivity contribution in [1.82, 2.24) is 0 Å². The van der Waals surface area contributed by atoms with Crippen molar-refractivity contribution in [1.29, 1.82) is 0 Å². The fraction of sp³-hybridized carbons (Fsp3) is 0.462. The predicted octanol–water partition coefficient (Wildman–Crippen LogP) is 1.76. The highest BCUT2D eigenvalue weighted by atomic mass is 16.6. The summed E-state index contributed by atoms with van der Waals surface area (Å²) in [5.41, 5.74) is 6.41. The highest BCUT2D eigenvalue weighted by Crippen LogP contribution is 2.26. The zero-order valence-corrected chi connectivity index (χ0v) is 10.5. The fourth-order valence-electron chi connectivity index (χ4n) is 2.15. The maximum absolute atomic E-state index is 11.9. The van der Waals surface area contributed by atoms with Crippen LogP contribution in [0.2, 0.25) is 0 Å². The van der Waals surface area contributed by atoms with E-state index in [9.17, 15) is 4.79 Å². The van der Waals surface area contributed by atoms with Gasteiger partial charge in [-0.05, 0) is 37.2 Å². The standard InChI is InChI=1S/C13H18N2O3/c1-17-12-4-2-10(3-5-12)15-11(6-8-14)7-9-18-13(15)16/h2-5,11H,6-9,14H2,1H3. The maximum atomic E-state index is 11.9. The average molecular weight is 250 g/mol. The molecule has 1 amide bonds. The monoisotopic (exact) mass is 250 g/mol. The highest BCUT2D eigenvalue weighted by Gasteiger charge is 2.30. The number of benzene rings is 1. The van der Waals surface area contributed by atoms with Crippen molar-refractivity contribution in [3.63, 3.8) is 0 Å². The average Bonchev–Trinajstić information content (AvgIpc) is 2.40. The maximum Gasteiger partial charge on any atom is 0.414 e. The third-order valence-corrected chi connectivity index (χ3v) is 3.09. The van der Waals surface area contributed by atoms with Gasteiger partial charge in [-0.2, -0.15) is 0 Å². The fourth-order valence-corrected chi connectivity index (χ4v) is 2.15. The van der Waals surface area contributed by atoms with Gasteiger partial charge in [0.05, 0.1) is 13.7 Å². The Bertz CT molecular complexity index is 403. The van der Waals surface area contributed by atoms with E-state index >= 15 is 0 Å². The van der Waals surface area contributed by atoms with Crippen molar-refractivity contribution >= 4 is 11.8 Å². The number of anilines is 1. The number of hydrogen-bond donors (Lipinski definition) is 1. The van der Waals surface area contributed by atoms with Gasteiger partial charge in [0, 0.05) is 18.2 Å². The number of hydrogen-bond acceptors (Lipinski definition) is 4. The molecule has 0 spiro atoms. The van der Waals surface area contributed by atoms with E-state index < -0.39 is 0 Å². The number of carbonyl (C=O) groups excluding carboxylic acids is 1. The summed E-state index contributed by atoms with van der Waals surface area (Å²) in [4.78, 5) is 13.5. The van der Waals surface area contributed by atoms with E-state index in [0.29, 0.717) is 13.2 Å². The molecule has 2 rings (SSSR count). The molecule has 1 aliphatic rings. The molecule has 5 heteroatoms. The van der Waals surface area contributed by atoms with Crippen molar-refractivity contribution in [2.24, 2.45) is 5.73 Å². The third kappa shape index (κ3) is 2.56. The molecular weight excluding hydrogens is 232 g/mol. The first-order chi connectivity index (χ1) is 8.76. The molecule has 0 bridgehead atoms. The number of nitrogens with zero attached hydrogens (tertiary/aromatic N) is 1. The number of ether oxygens (including phenoxy) is 2. The number of methoxy groups -OCH3 is 1. The lowest BCUT2D eigenvalue weighted by atomic mass is 10.1. The van der Waals surface area contributed by atoms with Crippen LogP contribution in [-0.4, -0.2) is 32.4 Å². The molecule has 98 valence electrons. The van der Waals surface area contributed by atoms with Crippen LogP contribution in [0, 0.1) is 0 Å². The lowest BCUT2D eigenvalue weighted by Gasteiger charge is -2.34. The number of rotatable bonds is 4. The van der Waals surface area contributed by atoms with Gasteiger partial charge in [0.15, 0.2) is 0 Å². The molecule has 1 saturated heterocycles. The summed E-state index contributed by atoms with van der Waals surface area (Å²) in [7, 11) is 1.61. The molecule has 5 nitrogen and oxygen atoms in total. The van der Waals surface area contributed by atoms with Crippen LogP contribution in [0.1, 0.15) is 12.8 Å². The second-order valence-electron chi connectivity index (χ2n) is 4.20. The minimum atomic E-state index is -0.301. The smallest absolute Gasteiger partial charge is 0.414 e. The third-order valence-electron chi connectivity index (χ3n) is 3.09. The van der Waals surface area contributed by atoms with Gasteiger partial charge in [0.25, 0.3) is 0 Å². The number of cyclic esters (lactones) is 1. The molecule has 18 heavy (non-hydrogen) atoms. The van der Waals surface area contributed by atoms with Crippen molar-refractivity contribution in [2.45, 2.75) is 18.9 Å². The summed E-state index contributed by atoms with van der Waals surface area (Å²) in [6.07, 6.45) is 1.29. The summed E-state index contributed by atoms with van der Waals surface area (Å²) in [5, 5.41) is 0. The molecular formula is C13H18N2O3. The first kappa shape index (κ1) is 12.7. The van der Waals surface area contributed by atoms with Crippen molar-refractivity contribution < 1.29 is 14.3 Å². The summed E-state index contributed by atoms with van der Waals surface area (Å²) in [5.74, 6) is 0.763. The zero-order valence-electron chi connectivity index (χ0n) is 10.5. The molecule has 2 N–H and O–H groups in total. The van der Waals surface area contributed by atoms with E-state index in [1.807, 2.05) is 24.3 Å². The topological polar surface area (TPSA) is 64.8 Å². The number of carbonyl (C=O) groups is 1. The summed E-state index contributed by atoms with van der Waals surface area (Å²) in [6.45, 7) is 1.03. The molecule has 0 aromatic heterocycles. The molecule has 1 aromatic rings. The van der Waals surface area contributed by atoms with Crippen LogP contribution >= 0.6 is 0 Å². The summed E-state index contributed by atoms with van der Waals surface area (Å²) in [6, 6.07) is 7.49. The van der Waals surface area contributed by atoms with Crippen molar-refractivity contribution in [3.8, 4) is 5.75 Å². The second kappa shape index (κ2) is 5.73. The van der Waals surface area contributed by atoms with E-state index in [4.69, 9.17) is 15.2 Å². The van der Waals surface area contributed by atoms with Gasteiger partial charge in [-0.15, -0.1) is 0 Å². The van der Waals surface area contributed by atoms with Gasteiger partial charge in [-0.1, -0.05) is 0 Å². The molecule has 1 heterocycles. The van der Waals surface area contributed by atoms with E-state index in [-0.39, 0.29) is 12.1 Å². The predicted molar refractivity (Wildman–Crippen MR) is 68.9 cm³/mol. The van der Waals surface area contributed by atoms with Crippen LogP contribution in [0.5, 0.6) is 5.75 Å². The summed E-state index contributed by atoms with van der Waals surface area (Å²) >= 11 is 0. The van der Waals surface area contributed by atoms with E-state index in [0.717, 1.165) is 24.3 Å². The minimum absolute atomic E-state index is 0.115. The Morgan fingerprint density at radius 3 is 2.78 bits per heavy atom. The Morgan fingerprint density at radius 2 is 2.17 bits per heavy atom. The van der Waals surface area contributed by atoms with Gasteiger partial charge >= 0.3 is 6.09 Å². The summed E-state index contributed by atoms with van der Waals surface area (Å²) < 4.78 is 10.2. The second-order valence-corrected chi connectivity index (χ2v) is 4.20. The van der Waals surface area contributed by atoms with Crippen LogP contribution in [0.4, 0.5) is 10.5 Å². The minimum Gasteiger partial charge on any atom is -0.497 e. The molecule has 1 aromatic carbocycles. The molecule has 0 aliphatic carbocycles. The van der Waals surface area contributed by atoms with E-state index in [1.54, 1.807) is 12.0 Å².